The summed E-state index contributed by atoms with van der Waals surface area (Å²) >= 11 is 6.36. The molecule has 0 bridgehead atoms. The number of rotatable bonds is 13. The fourth-order valence-corrected chi connectivity index (χ4v) is 10.3. The molecule has 5 aromatic rings. The summed E-state index contributed by atoms with van der Waals surface area (Å²) in [7, 11) is 1.63. The van der Waals surface area contributed by atoms with Crippen molar-refractivity contribution in [3.8, 4) is 11.4 Å². The Balaban J connectivity index is 0.776. The van der Waals surface area contributed by atoms with E-state index in [9.17, 15) is 32.3 Å². The molecule has 2 aliphatic heterocycles. The lowest BCUT2D eigenvalue weighted by Gasteiger charge is -2.36. The molecule has 8 rings (SSSR count). The maximum Gasteiger partial charge on any atom is 0.416 e. The van der Waals surface area contributed by atoms with Gasteiger partial charge in [-0.3, -0.25) is 23.9 Å². The highest BCUT2D eigenvalue weighted by atomic mass is 35.5. The Morgan fingerprint density at radius 1 is 0.912 bits per heavy atom. The summed E-state index contributed by atoms with van der Waals surface area (Å²) in [4.78, 5) is 66.5. The van der Waals surface area contributed by atoms with Gasteiger partial charge in [-0.1, -0.05) is 11.6 Å². The first-order valence-corrected chi connectivity index (χ1v) is 23.8. The van der Waals surface area contributed by atoms with Crippen molar-refractivity contribution in [2.75, 3.05) is 57.6 Å². The maximum atomic E-state index is 13.8. The molecule has 3 aliphatic rings. The summed E-state index contributed by atoms with van der Waals surface area (Å²) in [6.07, 6.45) is 4.42. The summed E-state index contributed by atoms with van der Waals surface area (Å²) in [5.41, 5.74) is 6.70. The molecule has 362 valence electrons. The Morgan fingerprint density at radius 3 is 2.31 bits per heavy atom. The van der Waals surface area contributed by atoms with Gasteiger partial charge in [-0.05, 0) is 143 Å². The molecule has 18 heteroatoms. The number of piperidine rings is 2. The molecule has 1 saturated carbocycles. The van der Waals surface area contributed by atoms with Crippen molar-refractivity contribution in [1.82, 2.24) is 29.3 Å². The molecule has 68 heavy (non-hydrogen) atoms. The van der Waals surface area contributed by atoms with Gasteiger partial charge in [0, 0.05) is 80.3 Å². The molecule has 2 amide bonds. The normalized spacial score (nSPS) is 19.0. The number of benzene rings is 3. The molecule has 14 nitrogen and oxygen atoms in total. The number of carbonyl (C=O) groups excluding carboxylic acids is 2. The third-order valence-corrected chi connectivity index (χ3v) is 14.3. The van der Waals surface area contributed by atoms with Crippen LogP contribution in [0.1, 0.15) is 110 Å². The summed E-state index contributed by atoms with van der Waals surface area (Å²) in [6, 6.07) is 13.0. The number of amides is 2. The number of aromatic nitrogens is 4. The van der Waals surface area contributed by atoms with Crippen LogP contribution in [0, 0.1) is 24.7 Å². The zero-order chi connectivity index (χ0) is 48.3. The number of likely N-dealkylation sites (tertiary alicyclic amines) is 2. The first-order chi connectivity index (χ1) is 32.5. The molecule has 1 aliphatic carbocycles. The first-order valence-electron chi connectivity index (χ1n) is 23.4. The van der Waals surface area contributed by atoms with Crippen LogP contribution in [0.4, 0.5) is 24.7 Å². The van der Waals surface area contributed by atoms with Crippen LogP contribution in [-0.2, 0) is 15.7 Å². The Morgan fingerprint density at radius 2 is 1.62 bits per heavy atom. The Bertz CT molecular complexity index is 2760. The third kappa shape index (κ3) is 11.2. The Hall–Kier alpha value is -5.94. The van der Waals surface area contributed by atoms with Gasteiger partial charge in [0.15, 0.2) is 0 Å². The van der Waals surface area contributed by atoms with E-state index in [0.717, 1.165) is 94.0 Å². The average molecular weight is 960 g/mol. The summed E-state index contributed by atoms with van der Waals surface area (Å²) in [5, 5.41) is 4.34. The Labute approximate surface area is 397 Å². The SMILES string of the molecule is COc1cc2nc(C)nc(N[C@H](C)c3cc(N)cc(C(F)(F)F)c3)c2cc1C1CCC(C(=O)N2CCC(CCOCC3CCN(C(=O)c4ccc(Cl)c(-n5ccc(=O)[nH]c5=O)c4)CC3)CC2)CC1. The molecule has 0 spiro atoms. The van der Waals surface area contributed by atoms with E-state index in [1.807, 2.05) is 21.9 Å². The van der Waals surface area contributed by atoms with Gasteiger partial charge in [-0.2, -0.15) is 13.2 Å². The van der Waals surface area contributed by atoms with Gasteiger partial charge >= 0.3 is 11.9 Å². The zero-order valence-corrected chi connectivity index (χ0v) is 39.3. The van der Waals surface area contributed by atoms with Crippen molar-refractivity contribution in [1.29, 1.82) is 0 Å². The molecule has 1 atom stereocenters. The van der Waals surface area contributed by atoms with Crippen LogP contribution in [0.2, 0.25) is 5.02 Å². The molecule has 2 saturated heterocycles. The van der Waals surface area contributed by atoms with E-state index in [0.29, 0.717) is 77.9 Å². The number of anilines is 2. The molecular weight excluding hydrogens is 901 g/mol. The van der Waals surface area contributed by atoms with Crippen LogP contribution in [0.25, 0.3) is 16.6 Å². The fraction of sp³-hybridized carbons (Fsp3) is 0.480. The highest BCUT2D eigenvalue weighted by molar-refractivity contribution is 6.32. The molecule has 3 aromatic carbocycles. The van der Waals surface area contributed by atoms with Gasteiger partial charge in [0.05, 0.1) is 34.9 Å². The van der Waals surface area contributed by atoms with Crippen LogP contribution in [-0.4, -0.2) is 87.6 Å². The summed E-state index contributed by atoms with van der Waals surface area (Å²) in [5.74, 6) is 2.73. The van der Waals surface area contributed by atoms with Crippen LogP contribution in [0.15, 0.2) is 70.4 Å². The number of alkyl halides is 3. The largest absolute Gasteiger partial charge is 0.496 e. The number of nitrogens with two attached hydrogens (primary N) is 1. The van der Waals surface area contributed by atoms with E-state index in [4.69, 9.17) is 26.8 Å². The molecule has 3 fully saturated rings. The molecule has 4 N–H and O–H groups in total. The minimum absolute atomic E-state index is 0.0271. The van der Waals surface area contributed by atoms with Crippen LogP contribution in [0.5, 0.6) is 5.75 Å². The number of H-pyrrole nitrogens is 1. The summed E-state index contributed by atoms with van der Waals surface area (Å²) < 4.78 is 54.1. The first kappa shape index (κ1) is 48.5. The van der Waals surface area contributed by atoms with Gasteiger partial charge in [0.2, 0.25) is 5.91 Å². The van der Waals surface area contributed by atoms with Crippen LogP contribution >= 0.6 is 11.6 Å². The van der Waals surface area contributed by atoms with E-state index in [1.54, 1.807) is 39.2 Å². The van der Waals surface area contributed by atoms with E-state index in [-0.39, 0.29) is 34.4 Å². The van der Waals surface area contributed by atoms with Crippen molar-refractivity contribution in [2.45, 2.75) is 89.8 Å². The minimum Gasteiger partial charge on any atom is -0.496 e. The highest BCUT2D eigenvalue weighted by Crippen LogP contribution is 2.43. The number of hydrogen-bond donors (Lipinski definition) is 3. The second-order valence-corrected chi connectivity index (χ2v) is 19.0. The molecule has 0 radical (unpaired) electrons. The number of carbonyl (C=O) groups is 2. The van der Waals surface area contributed by atoms with E-state index < -0.39 is 29.0 Å². The van der Waals surface area contributed by atoms with Crippen LogP contribution < -0.4 is 27.0 Å². The summed E-state index contributed by atoms with van der Waals surface area (Å²) in [6.45, 7) is 7.50. The number of fused-ring (bicyclic) bond motifs is 1. The van der Waals surface area contributed by atoms with Crippen LogP contribution in [0.3, 0.4) is 0 Å². The lowest BCUT2D eigenvalue weighted by molar-refractivity contribution is -0.138. The number of halogens is 4. The number of ether oxygens (including phenoxy) is 2. The maximum absolute atomic E-state index is 13.8. The second kappa shape index (κ2) is 20.7. The minimum atomic E-state index is -4.53. The van der Waals surface area contributed by atoms with Gasteiger partial charge < -0.3 is 30.3 Å². The lowest BCUT2D eigenvalue weighted by atomic mass is 9.77. The van der Waals surface area contributed by atoms with Gasteiger partial charge in [0.1, 0.15) is 17.4 Å². The monoisotopic (exact) mass is 958 g/mol. The van der Waals surface area contributed by atoms with Gasteiger partial charge in [0.25, 0.3) is 11.5 Å². The van der Waals surface area contributed by atoms with E-state index >= 15 is 0 Å². The van der Waals surface area contributed by atoms with Gasteiger partial charge in [-0.15, -0.1) is 0 Å². The standard InChI is InChI=1S/C50H58ClF3N8O6/c1-29(36-22-37(50(52,53)54)25-38(55)23-36)56-46-40-26-39(44(67-3)27-42(40)57-30(2)58-46)33-4-6-34(7-5-33)47(64)60-16-10-31(11-17-60)15-21-68-28-32-12-18-61(19-13-32)48(65)35-8-9-41(51)43(24-35)62-20-14-45(63)59-49(62)66/h8-9,14,20,22-27,29,31-34H,4-7,10-13,15-19,21,28,55H2,1-3H3,(H,56,57,58)(H,59,63,66)/t29-,33?,34?/m1/s1. The molecular formula is C50H58ClF3N8O6. The molecule has 4 heterocycles. The number of nitrogen functional groups attached to an aromatic ring is 1. The van der Waals surface area contributed by atoms with Crippen molar-refractivity contribution < 1.29 is 32.2 Å². The number of aryl methyl sites for hydroxylation is 1. The van der Waals surface area contributed by atoms with Crippen molar-refractivity contribution in [3.05, 3.63) is 115 Å². The second-order valence-electron chi connectivity index (χ2n) is 18.5. The lowest BCUT2D eigenvalue weighted by Crippen LogP contribution is -2.42. The number of nitrogens with one attached hydrogen (secondary N) is 2. The molecule has 2 aromatic heterocycles. The predicted molar refractivity (Wildman–Crippen MR) is 254 cm³/mol. The van der Waals surface area contributed by atoms with E-state index in [1.165, 1.54) is 22.9 Å². The number of nitrogens with zero attached hydrogens (tertiary/aromatic N) is 5. The topological polar surface area (TPSA) is 178 Å². The number of methoxy groups -OCH3 is 1. The van der Waals surface area contributed by atoms with E-state index in [2.05, 4.69) is 20.3 Å². The van der Waals surface area contributed by atoms with Gasteiger partial charge in [-0.25, -0.2) is 14.8 Å². The van der Waals surface area contributed by atoms with Crippen molar-refractivity contribution in [3.63, 3.8) is 0 Å². The average Bonchev–Trinajstić information content (AvgIpc) is 3.32. The zero-order valence-electron chi connectivity index (χ0n) is 38.5. The fourth-order valence-electron chi connectivity index (χ4n) is 10.0. The molecule has 0 unspecified atom stereocenters. The van der Waals surface area contributed by atoms with Crippen molar-refractivity contribution >= 4 is 45.8 Å². The smallest absolute Gasteiger partial charge is 0.416 e. The Kier molecular flexibility index (Phi) is 14.8. The predicted octanol–water partition coefficient (Wildman–Crippen LogP) is 8.69. The van der Waals surface area contributed by atoms with Crippen molar-refractivity contribution in [2.24, 2.45) is 17.8 Å². The third-order valence-electron chi connectivity index (χ3n) is 14.0. The number of aromatic amines is 1. The highest BCUT2D eigenvalue weighted by Gasteiger charge is 2.34. The number of hydrogen-bond acceptors (Lipinski definition) is 10. The quantitative estimate of drug-likeness (QED) is 0.0764.